The summed E-state index contributed by atoms with van der Waals surface area (Å²) in [6, 6.07) is 3.29. The number of unbranched alkanes of at least 4 members (excludes halogenated alkanes) is 1. The molecule has 0 aromatic heterocycles. The molecular formula is C15H26N2O3S. The molecule has 120 valence electrons. The molecule has 0 radical (unpaired) electrons. The van der Waals surface area contributed by atoms with E-state index in [2.05, 4.69) is 4.72 Å². The second kappa shape index (κ2) is 6.77. The van der Waals surface area contributed by atoms with E-state index in [0.717, 1.165) is 18.4 Å². The summed E-state index contributed by atoms with van der Waals surface area (Å²) in [5, 5.41) is 10.2. The molecule has 6 heteroatoms. The minimum Gasteiger partial charge on any atom is -0.506 e. The number of sulfonamides is 1. The van der Waals surface area contributed by atoms with E-state index in [1.54, 1.807) is 6.07 Å². The molecule has 0 aliphatic heterocycles. The Morgan fingerprint density at radius 3 is 2.38 bits per heavy atom. The molecule has 0 aliphatic rings. The lowest BCUT2D eigenvalue weighted by atomic mass is 9.86. The molecule has 0 unspecified atom stereocenters. The zero-order valence-corrected chi connectivity index (χ0v) is 14.0. The molecule has 0 spiro atoms. The number of rotatable bonds is 6. The fraction of sp³-hybridized carbons (Fsp3) is 0.600. The first-order valence-corrected chi connectivity index (χ1v) is 8.68. The van der Waals surface area contributed by atoms with Crippen LogP contribution in [0.4, 0.5) is 0 Å². The van der Waals surface area contributed by atoms with Gasteiger partial charge in [0.25, 0.3) is 0 Å². The van der Waals surface area contributed by atoms with Gasteiger partial charge in [0.1, 0.15) is 10.6 Å². The van der Waals surface area contributed by atoms with E-state index < -0.39 is 10.0 Å². The van der Waals surface area contributed by atoms with E-state index in [-0.39, 0.29) is 22.6 Å². The van der Waals surface area contributed by atoms with Gasteiger partial charge in [-0.25, -0.2) is 13.1 Å². The lowest BCUT2D eigenvalue weighted by molar-refractivity contribution is 0.448. The predicted molar refractivity (Wildman–Crippen MR) is 84.8 cm³/mol. The van der Waals surface area contributed by atoms with Crippen molar-refractivity contribution in [3.8, 4) is 5.75 Å². The third-order valence-corrected chi connectivity index (χ3v) is 4.83. The van der Waals surface area contributed by atoms with Crippen molar-refractivity contribution in [3.63, 3.8) is 0 Å². The summed E-state index contributed by atoms with van der Waals surface area (Å²) < 4.78 is 27.2. The second-order valence-electron chi connectivity index (χ2n) is 6.19. The average molecular weight is 314 g/mol. The van der Waals surface area contributed by atoms with E-state index in [4.69, 9.17) is 5.73 Å². The van der Waals surface area contributed by atoms with Gasteiger partial charge in [-0.1, -0.05) is 40.2 Å². The quantitative estimate of drug-likeness (QED) is 0.702. The normalized spacial score (nSPS) is 12.6. The highest BCUT2D eigenvalue weighted by atomic mass is 32.2. The van der Waals surface area contributed by atoms with Crippen LogP contribution in [0, 0.1) is 0 Å². The maximum atomic E-state index is 12.4. The Morgan fingerprint density at radius 2 is 1.90 bits per heavy atom. The van der Waals surface area contributed by atoms with Gasteiger partial charge in [-0.05, 0) is 23.5 Å². The Labute approximate surface area is 127 Å². The Hall–Kier alpha value is -1.11. The maximum absolute atomic E-state index is 12.4. The highest BCUT2D eigenvalue weighted by Crippen LogP contribution is 2.33. The minimum atomic E-state index is -3.73. The largest absolute Gasteiger partial charge is 0.506 e. The molecular weight excluding hydrogens is 288 g/mol. The van der Waals surface area contributed by atoms with Crippen LogP contribution in [-0.2, 0) is 22.0 Å². The Bertz CT molecular complexity index is 590. The first-order chi connectivity index (χ1) is 9.63. The molecule has 0 bridgehead atoms. The highest BCUT2D eigenvalue weighted by molar-refractivity contribution is 7.89. The van der Waals surface area contributed by atoms with Crippen molar-refractivity contribution in [3.05, 3.63) is 23.3 Å². The van der Waals surface area contributed by atoms with E-state index >= 15 is 0 Å². The first kappa shape index (κ1) is 17.9. The molecule has 1 aromatic rings. The first-order valence-electron chi connectivity index (χ1n) is 7.19. The molecule has 0 fully saturated rings. The smallest absolute Gasteiger partial charge is 0.244 e. The number of aromatic hydroxyl groups is 1. The predicted octanol–water partition coefficient (Wildman–Crippen LogP) is 2.23. The highest BCUT2D eigenvalue weighted by Gasteiger charge is 2.24. The van der Waals surface area contributed by atoms with Crippen LogP contribution in [-0.4, -0.2) is 20.1 Å². The van der Waals surface area contributed by atoms with Gasteiger partial charge in [-0.2, -0.15) is 0 Å². The van der Waals surface area contributed by atoms with Crippen LogP contribution in [0.15, 0.2) is 17.0 Å². The number of benzene rings is 1. The van der Waals surface area contributed by atoms with Crippen LogP contribution >= 0.6 is 0 Å². The van der Waals surface area contributed by atoms with Gasteiger partial charge in [0.05, 0.1) is 0 Å². The lowest BCUT2D eigenvalue weighted by Crippen LogP contribution is -2.26. The van der Waals surface area contributed by atoms with Crippen LogP contribution in [0.25, 0.3) is 0 Å². The van der Waals surface area contributed by atoms with Crippen molar-refractivity contribution in [2.45, 2.75) is 57.4 Å². The zero-order valence-electron chi connectivity index (χ0n) is 13.2. The Balaban J connectivity index is 3.34. The summed E-state index contributed by atoms with van der Waals surface area (Å²) in [6.45, 7) is 8.39. The Kier molecular flexibility index (Phi) is 5.78. The van der Waals surface area contributed by atoms with Crippen LogP contribution in [0.1, 0.15) is 51.7 Å². The number of phenols is 1. The number of nitrogens with one attached hydrogen (secondary N) is 1. The van der Waals surface area contributed by atoms with E-state index in [0.29, 0.717) is 12.1 Å². The van der Waals surface area contributed by atoms with Gasteiger partial charge in [-0.3, -0.25) is 0 Å². The standard InChI is InChI=1S/C15H26N2O3S/c1-5-6-7-17-21(19,20)13-9-12(15(2,3)4)8-11(10-16)14(13)18/h8-9,17-18H,5-7,10,16H2,1-4H3. The molecule has 0 heterocycles. The van der Waals surface area contributed by atoms with Gasteiger partial charge < -0.3 is 10.8 Å². The summed E-state index contributed by atoms with van der Waals surface area (Å²) in [6.07, 6.45) is 1.65. The number of hydrogen-bond donors (Lipinski definition) is 3. The third kappa shape index (κ3) is 4.43. The van der Waals surface area contributed by atoms with Crippen LogP contribution in [0.3, 0.4) is 0 Å². The molecule has 0 amide bonds. The molecule has 0 saturated carbocycles. The van der Waals surface area contributed by atoms with Gasteiger partial charge in [-0.15, -0.1) is 0 Å². The topological polar surface area (TPSA) is 92.4 Å². The van der Waals surface area contributed by atoms with Crippen molar-refractivity contribution in [1.82, 2.24) is 4.72 Å². The molecule has 4 N–H and O–H groups in total. The van der Waals surface area contributed by atoms with Gasteiger partial charge in [0.15, 0.2) is 0 Å². The summed E-state index contributed by atoms with van der Waals surface area (Å²) >= 11 is 0. The molecule has 0 atom stereocenters. The number of phenolic OH excluding ortho intramolecular Hbond substituents is 1. The van der Waals surface area contributed by atoms with Crippen molar-refractivity contribution < 1.29 is 13.5 Å². The summed E-state index contributed by atoms with van der Waals surface area (Å²) in [5.74, 6) is -0.255. The molecule has 0 aliphatic carbocycles. The summed E-state index contributed by atoms with van der Waals surface area (Å²) in [7, 11) is -3.73. The summed E-state index contributed by atoms with van der Waals surface area (Å²) in [4.78, 5) is -0.0912. The number of nitrogens with two attached hydrogens (primary N) is 1. The van der Waals surface area contributed by atoms with Crippen molar-refractivity contribution in [2.24, 2.45) is 5.73 Å². The molecule has 0 saturated heterocycles. The molecule has 5 nitrogen and oxygen atoms in total. The van der Waals surface area contributed by atoms with E-state index in [1.165, 1.54) is 6.07 Å². The molecule has 1 rings (SSSR count). The Morgan fingerprint density at radius 1 is 1.29 bits per heavy atom. The van der Waals surface area contributed by atoms with Crippen molar-refractivity contribution >= 4 is 10.0 Å². The molecule has 1 aromatic carbocycles. The van der Waals surface area contributed by atoms with Gasteiger partial charge >= 0.3 is 0 Å². The fourth-order valence-corrected chi connectivity index (χ4v) is 3.16. The summed E-state index contributed by atoms with van der Waals surface area (Å²) in [5.41, 5.74) is 6.66. The number of hydrogen-bond acceptors (Lipinski definition) is 4. The van der Waals surface area contributed by atoms with E-state index in [1.807, 2.05) is 27.7 Å². The van der Waals surface area contributed by atoms with E-state index in [9.17, 15) is 13.5 Å². The molecule has 21 heavy (non-hydrogen) atoms. The third-order valence-electron chi connectivity index (χ3n) is 3.35. The fourth-order valence-electron chi connectivity index (χ4n) is 1.92. The van der Waals surface area contributed by atoms with Crippen LogP contribution in [0.5, 0.6) is 5.75 Å². The lowest BCUT2D eigenvalue weighted by Gasteiger charge is -2.22. The monoisotopic (exact) mass is 314 g/mol. The van der Waals surface area contributed by atoms with Gasteiger partial charge in [0.2, 0.25) is 10.0 Å². The maximum Gasteiger partial charge on any atom is 0.244 e. The van der Waals surface area contributed by atoms with Crippen LogP contribution < -0.4 is 10.5 Å². The van der Waals surface area contributed by atoms with Crippen molar-refractivity contribution in [1.29, 1.82) is 0 Å². The van der Waals surface area contributed by atoms with Gasteiger partial charge in [0, 0.05) is 18.7 Å². The second-order valence-corrected chi connectivity index (χ2v) is 7.92. The minimum absolute atomic E-state index is 0.0905. The SMILES string of the molecule is CCCCNS(=O)(=O)c1cc(C(C)(C)C)cc(CN)c1O. The van der Waals surface area contributed by atoms with Crippen molar-refractivity contribution in [2.75, 3.05) is 6.54 Å². The average Bonchev–Trinajstić information content (AvgIpc) is 2.37. The van der Waals surface area contributed by atoms with Crippen LogP contribution in [0.2, 0.25) is 0 Å². The zero-order chi connectivity index (χ0) is 16.3.